The van der Waals surface area contributed by atoms with Crippen LogP contribution in [-0.2, 0) is 22.1 Å². The number of rotatable bonds is 2. The molecule has 2 aromatic rings. The first-order chi connectivity index (χ1) is 13.6. The van der Waals surface area contributed by atoms with Crippen molar-refractivity contribution < 1.29 is 9.59 Å². The van der Waals surface area contributed by atoms with Crippen LogP contribution in [0.3, 0.4) is 0 Å². The van der Waals surface area contributed by atoms with Crippen LogP contribution in [0.4, 0.5) is 5.69 Å². The van der Waals surface area contributed by atoms with Crippen LogP contribution in [-0.4, -0.2) is 32.8 Å². The highest BCUT2D eigenvalue weighted by Crippen LogP contribution is 2.54. The fourth-order valence-electron chi connectivity index (χ4n) is 5.51. The minimum absolute atomic E-state index is 0.0133. The molecule has 1 saturated carbocycles. The van der Waals surface area contributed by atoms with Crippen LogP contribution in [0.15, 0.2) is 36.7 Å². The number of hydrogen-bond acceptors (Lipinski definition) is 3. The molecule has 1 aliphatic carbocycles. The zero-order valence-corrected chi connectivity index (χ0v) is 16.2. The third-order valence-corrected chi connectivity index (χ3v) is 6.93. The number of likely N-dealkylation sites (tertiary alicyclic amines) is 1. The van der Waals surface area contributed by atoms with Crippen LogP contribution in [0.1, 0.15) is 56.0 Å². The Balaban J connectivity index is 1.62. The van der Waals surface area contributed by atoms with Crippen molar-refractivity contribution >= 4 is 17.5 Å². The third-order valence-electron chi connectivity index (χ3n) is 6.93. The summed E-state index contributed by atoms with van der Waals surface area (Å²) in [5.74, 6) is 1.04. The number of carbonyl (C=O) groups is 2. The highest BCUT2D eigenvalue weighted by molar-refractivity contribution is 6.07. The van der Waals surface area contributed by atoms with E-state index in [-0.39, 0.29) is 23.8 Å². The molecule has 0 bridgehead atoms. The van der Waals surface area contributed by atoms with E-state index in [1.165, 1.54) is 6.42 Å². The van der Waals surface area contributed by atoms with Gasteiger partial charge in [-0.2, -0.15) is 0 Å². The molecule has 2 unspecified atom stereocenters. The summed E-state index contributed by atoms with van der Waals surface area (Å²) in [5.41, 5.74) is 1.09. The van der Waals surface area contributed by atoms with Crippen molar-refractivity contribution in [3.8, 4) is 0 Å². The van der Waals surface area contributed by atoms with Gasteiger partial charge in [-0.25, -0.2) is 4.98 Å². The molecule has 2 atom stereocenters. The lowest BCUT2D eigenvalue weighted by molar-refractivity contribution is -0.138. The average Bonchev–Trinajstić information content (AvgIpc) is 3.39. The molecule has 0 radical (unpaired) electrons. The lowest BCUT2D eigenvalue weighted by atomic mass is 9.74. The van der Waals surface area contributed by atoms with Gasteiger partial charge in [0.05, 0.1) is 0 Å². The number of fused-ring (bicyclic) bond motifs is 2. The highest BCUT2D eigenvalue weighted by atomic mass is 16.2. The zero-order valence-electron chi connectivity index (χ0n) is 16.2. The molecule has 3 heterocycles. The van der Waals surface area contributed by atoms with Crippen molar-refractivity contribution in [2.24, 2.45) is 13.0 Å². The lowest BCUT2D eigenvalue weighted by Gasteiger charge is -2.35. The van der Waals surface area contributed by atoms with E-state index in [0.29, 0.717) is 13.0 Å². The Kier molecular flexibility index (Phi) is 4.03. The smallest absolute Gasteiger partial charge is 0.237 e. The Labute approximate surface area is 164 Å². The number of aryl methyl sites for hydroxylation is 1. The quantitative estimate of drug-likeness (QED) is 0.873. The molecule has 1 saturated heterocycles. The fourth-order valence-corrected chi connectivity index (χ4v) is 5.51. The second kappa shape index (κ2) is 6.47. The van der Waals surface area contributed by atoms with E-state index in [0.717, 1.165) is 42.8 Å². The number of nitrogens with zero attached hydrogens (tertiary/aromatic N) is 3. The Morgan fingerprint density at radius 1 is 1.21 bits per heavy atom. The van der Waals surface area contributed by atoms with Crippen LogP contribution >= 0.6 is 0 Å². The van der Waals surface area contributed by atoms with Crippen molar-refractivity contribution in [2.45, 2.75) is 50.0 Å². The summed E-state index contributed by atoms with van der Waals surface area (Å²) in [4.78, 5) is 33.4. The molecule has 5 rings (SSSR count). The van der Waals surface area contributed by atoms with Gasteiger partial charge in [0.2, 0.25) is 11.8 Å². The van der Waals surface area contributed by atoms with Gasteiger partial charge in [0.1, 0.15) is 17.3 Å². The number of aromatic nitrogens is 2. The minimum atomic E-state index is -0.764. The zero-order chi connectivity index (χ0) is 19.3. The maximum Gasteiger partial charge on any atom is 0.237 e. The van der Waals surface area contributed by atoms with E-state index in [9.17, 15) is 9.59 Å². The summed E-state index contributed by atoms with van der Waals surface area (Å²) in [7, 11) is 1.94. The predicted octanol–water partition coefficient (Wildman–Crippen LogP) is 3.16. The van der Waals surface area contributed by atoms with Gasteiger partial charge < -0.3 is 14.8 Å². The van der Waals surface area contributed by atoms with Crippen molar-refractivity contribution in [1.82, 2.24) is 14.5 Å². The molecule has 2 amide bonds. The monoisotopic (exact) mass is 378 g/mol. The van der Waals surface area contributed by atoms with Crippen LogP contribution in [0.2, 0.25) is 0 Å². The lowest BCUT2D eigenvalue weighted by Crippen LogP contribution is -2.45. The van der Waals surface area contributed by atoms with Gasteiger partial charge >= 0.3 is 0 Å². The number of hydrogen-bond donors (Lipinski definition) is 1. The van der Waals surface area contributed by atoms with E-state index >= 15 is 0 Å². The van der Waals surface area contributed by atoms with Gasteiger partial charge in [-0.05, 0) is 30.9 Å². The van der Waals surface area contributed by atoms with Gasteiger partial charge in [-0.1, -0.05) is 37.5 Å². The summed E-state index contributed by atoms with van der Waals surface area (Å²) in [5, 5.41) is 3.07. The number of benzene rings is 1. The molecular weight excluding hydrogens is 352 g/mol. The first-order valence-electron chi connectivity index (χ1n) is 10.3. The normalized spacial score (nSPS) is 27.2. The van der Waals surface area contributed by atoms with Crippen molar-refractivity contribution in [1.29, 1.82) is 0 Å². The first-order valence-corrected chi connectivity index (χ1v) is 10.3. The maximum atomic E-state index is 13.5. The van der Waals surface area contributed by atoms with Gasteiger partial charge in [0.15, 0.2) is 0 Å². The summed E-state index contributed by atoms with van der Waals surface area (Å²) in [6.45, 7) is 0.592. The van der Waals surface area contributed by atoms with Gasteiger partial charge in [-0.15, -0.1) is 0 Å². The second-order valence-corrected chi connectivity index (χ2v) is 8.39. The minimum Gasteiger partial charge on any atom is -0.336 e. The molecule has 6 heteroatoms. The summed E-state index contributed by atoms with van der Waals surface area (Å²) in [6.07, 6.45) is 9.64. The molecule has 6 nitrogen and oxygen atoms in total. The maximum absolute atomic E-state index is 13.5. The molecule has 1 aromatic carbocycles. The largest absolute Gasteiger partial charge is 0.336 e. The van der Waals surface area contributed by atoms with E-state index < -0.39 is 5.41 Å². The number of amides is 2. The van der Waals surface area contributed by atoms with Crippen molar-refractivity contribution in [3.05, 3.63) is 48.0 Å². The van der Waals surface area contributed by atoms with Crippen molar-refractivity contribution in [3.63, 3.8) is 0 Å². The van der Waals surface area contributed by atoms with Crippen LogP contribution in [0.5, 0.6) is 0 Å². The van der Waals surface area contributed by atoms with Gasteiger partial charge in [0.25, 0.3) is 0 Å². The molecule has 1 spiro atoms. The number of imidazole rings is 1. The molecule has 2 aliphatic heterocycles. The Morgan fingerprint density at radius 3 is 2.75 bits per heavy atom. The van der Waals surface area contributed by atoms with Crippen molar-refractivity contribution in [2.75, 3.05) is 11.9 Å². The number of carbonyl (C=O) groups excluding carboxylic acids is 2. The van der Waals surface area contributed by atoms with E-state index in [2.05, 4.69) is 10.3 Å². The molecule has 28 heavy (non-hydrogen) atoms. The van der Waals surface area contributed by atoms with E-state index in [1.807, 2.05) is 47.0 Å². The Hall–Kier alpha value is -2.63. The molecular formula is C22H26N4O2. The molecule has 1 aromatic heterocycles. The summed E-state index contributed by atoms with van der Waals surface area (Å²) in [6, 6.07) is 7.52. The Morgan fingerprint density at radius 2 is 2.00 bits per heavy atom. The SMILES string of the molecule is Cn1ccnc1C1N(C(=O)C2CCCCC2)CCC12C(=O)Nc1ccccc12. The van der Waals surface area contributed by atoms with Crippen LogP contribution in [0.25, 0.3) is 0 Å². The van der Waals surface area contributed by atoms with Gasteiger partial charge in [0, 0.05) is 37.6 Å². The van der Waals surface area contributed by atoms with E-state index in [1.54, 1.807) is 6.20 Å². The van der Waals surface area contributed by atoms with Crippen LogP contribution < -0.4 is 5.32 Å². The molecule has 146 valence electrons. The summed E-state index contributed by atoms with van der Waals surface area (Å²) < 4.78 is 1.95. The average molecular weight is 378 g/mol. The second-order valence-electron chi connectivity index (χ2n) is 8.39. The Bertz CT molecular complexity index is 930. The standard InChI is InChI=1S/C22H26N4O2/c1-25-14-12-23-19(25)18-22(16-9-5-6-10-17(16)24-21(22)28)11-13-26(18)20(27)15-7-3-2-4-8-15/h5-6,9-10,12,14-15,18H,2-4,7-8,11,13H2,1H3,(H,24,28). The molecule has 3 aliphatic rings. The third kappa shape index (κ3) is 2.36. The number of para-hydroxylation sites is 1. The summed E-state index contributed by atoms with van der Waals surface area (Å²) >= 11 is 0. The highest BCUT2D eigenvalue weighted by Gasteiger charge is 2.60. The van der Waals surface area contributed by atoms with Crippen LogP contribution in [0, 0.1) is 5.92 Å². The first kappa shape index (κ1) is 17.5. The van der Waals surface area contributed by atoms with Gasteiger partial charge in [-0.3, -0.25) is 9.59 Å². The van der Waals surface area contributed by atoms with E-state index in [4.69, 9.17) is 0 Å². The number of nitrogens with one attached hydrogen (secondary N) is 1. The number of anilines is 1. The predicted molar refractivity (Wildman–Crippen MR) is 106 cm³/mol. The molecule has 2 fully saturated rings. The molecule has 1 N–H and O–H groups in total. The fraction of sp³-hybridized carbons (Fsp3) is 0.500. The topological polar surface area (TPSA) is 67.2 Å².